The molecule has 0 N–H and O–H groups in total. The van der Waals surface area contributed by atoms with Gasteiger partial charge in [-0.3, -0.25) is 0 Å². The quantitative estimate of drug-likeness (QED) is 0.402. The zero-order valence-corrected chi connectivity index (χ0v) is 21.8. The van der Waals surface area contributed by atoms with E-state index in [0.717, 1.165) is 30.3 Å². The molecule has 5 aliphatic rings. The molecule has 1 nitrogen and oxygen atoms in total. The minimum absolute atomic E-state index is 0.0348. The molecule has 5 fully saturated rings. The van der Waals surface area contributed by atoms with E-state index in [2.05, 4.69) is 55.0 Å². The Bertz CT molecular complexity index is 754. The monoisotopic (exact) mass is 426 g/mol. The minimum atomic E-state index is -0.0348. The van der Waals surface area contributed by atoms with Crippen LogP contribution in [-0.2, 0) is 4.74 Å². The van der Waals surface area contributed by atoms with Crippen molar-refractivity contribution in [1.82, 2.24) is 0 Å². The average Bonchev–Trinajstić information content (AvgIpc) is 3.08. The molecule has 1 heterocycles. The molecular weight excluding hydrogens is 376 g/mol. The van der Waals surface area contributed by atoms with Crippen molar-refractivity contribution in [1.29, 1.82) is 0 Å². The highest BCUT2D eigenvalue weighted by molar-refractivity contribution is 5.25. The fraction of sp³-hybridized carbons (Fsp3) is 0.933. The van der Waals surface area contributed by atoms with Crippen LogP contribution < -0.4 is 0 Å². The summed E-state index contributed by atoms with van der Waals surface area (Å²) in [6, 6.07) is 0. The van der Waals surface area contributed by atoms with Gasteiger partial charge in [-0.05, 0) is 128 Å². The van der Waals surface area contributed by atoms with Gasteiger partial charge in [0.05, 0.1) is 5.60 Å². The smallest absolute Gasteiger partial charge is 0.0919 e. The number of hydrogen-bond acceptors (Lipinski definition) is 1. The summed E-state index contributed by atoms with van der Waals surface area (Å²) in [4.78, 5) is 0. The van der Waals surface area contributed by atoms with E-state index in [1.54, 1.807) is 0 Å². The van der Waals surface area contributed by atoms with Crippen molar-refractivity contribution in [2.24, 2.45) is 51.2 Å². The number of rotatable bonds is 2. The van der Waals surface area contributed by atoms with Gasteiger partial charge >= 0.3 is 0 Å². The van der Waals surface area contributed by atoms with Crippen LogP contribution in [0.2, 0.25) is 0 Å². The fourth-order valence-corrected chi connectivity index (χ4v) is 11.5. The highest BCUT2D eigenvalue weighted by Gasteiger charge is 2.71. The van der Waals surface area contributed by atoms with Crippen LogP contribution in [0, 0.1) is 51.2 Å². The SMILES string of the molecule is C=C(C)[C@@]12CC[C@@H]3C4(C)CC[C@]5(C)[C@@H](C(C)C)CC[C@H]5[C@]4(C)CC[C@@]3(C)[C@@H]1CCCO2. The van der Waals surface area contributed by atoms with Gasteiger partial charge in [0.15, 0.2) is 0 Å². The van der Waals surface area contributed by atoms with Crippen LogP contribution in [0.4, 0.5) is 0 Å². The van der Waals surface area contributed by atoms with E-state index < -0.39 is 0 Å². The summed E-state index contributed by atoms with van der Waals surface area (Å²) in [5.74, 6) is 4.21. The van der Waals surface area contributed by atoms with E-state index >= 15 is 0 Å². The van der Waals surface area contributed by atoms with E-state index in [0.29, 0.717) is 27.6 Å². The second kappa shape index (κ2) is 6.86. The van der Waals surface area contributed by atoms with Gasteiger partial charge in [0, 0.05) is 6.61 Å². The zero-order valence-electron chi connectivity index (χ0n) is 21.8. The third-order valence-electron chi connectivity index (χ3n) is 13.1. The number of fused-ring (bicyclic) bond motifs is 7. The van der Waals surface area contributed by atoms with Crippen molar-refractivity contribution in [2.45, 2.75) is 118 Å². The summed E-state index contributed by atoms with van der Waals surface area (Å²) < 4.78 is 6.67. The molecule has 0 aromatic rings. The molecule has 0 bridgehead atoms. The summed E-state index contributed by atoms with van der Waals surface area (Å²) in [5, 5.41) is 0. The van der Waals surface area contributed by atoms with Crippen LogP contribution in [0.3, 0.4) is 0 Å². The number of hydrogen-bond donors (Lipinski definition) is 0. The van der Waals surface area contributed by atoms with Crippen LogP contribution in [0.5, 0.6) is 0 Å². The Hall–Kier alpha value is -0.300. The first-order valence-electron chi connectivity index (χ1n) is 13.8. The van der Waals surface area contributed by atoms with Gasteiger partial charge < -0.3 is 4.74 Å². The molecular formula is C30H50O. The topological polar surface area (TPSA) is 9.23 Å². The molecule has 1 saturated heterocycles. The maximum atomic E-state index is 6.67. The van der Waals surface area contributed by atoms with E-state index in [9.17, 15) is 0 Å². The predicted octanol–water partition coefficient (Wildman–Crippen LogP) is 8.43. The minimum Gasteiger partial charge on any atom is -0.370 e. The first-order chi connectivity index (χ1) is 14.5. The van der Waals surface area contributed by atoms with Gasteiger partial charge in [-0.25, -0.2) is 0 Å². The van der Waals surface area contributed by atoms with Crippen molar-refractivity contribution in [3.05, 3.63) is 12.2 Å². The highest BCUT2D eigenvalue weighted by Crippen LogP contribution is 2.78. The normalized spacial score (nSPS) is 56.4. The zero-order chi connectivity index (χ0) is 22.4. The van der Waals surface area contributed by atoms with Crippen LogP contribution >= 0.6 is 0 Å². The van der Waals surface area contributed by atoms with Crippen LogP contribution in [-0.4, -0.2) is 12.2 Å². The lowest BCUT2D eigenvalue weighted by atomic mass is 9.32. The molecule has 9 atom stereocenters. The Balaban J connectivity index is 1.54. The van der Waals surface area contributed by atoms with Crippen molar-refractivity contribution in [3.8, 4) is 0 Å². The molecule has 0 radical (unpaired) electrons. The summed E-state index contributed by atoms with van der Waals surface area (Å²) in [5.41, 5.74) is 3.24. The lowest BCUT2D eigenvalue weighted by molar-refractivity contribution is -0.261. The van der Waals surface area contributed by atoms with Gasteiger partial charge in [-0.1, -0.05) is 48.1 Å². The lowest BCUT2D eigenvalue weighted by Gasteiger charge is -2.73. The highest BCUT2D eigenvalue weighted by atomic mass is 16.5. The third kappa shape index (κ3) is 2.60. The average molecular weight is 427 g/mol. The molecule has 1 unspecified atom stereocenters. The van der Waals surface area contributed by atoms with E-state index in [1.165, 1.54) is 69.8 Å². The van der Waals surface area contributed by atoms with E-state index in [1.807, 2.05) is 0 Å². The Morgan fingerprint density at radius 1 is 0.774 bits per heavy atom. The molecule has 0 amide bonds. The predicted molar refractivity (Wildman–Crippen MR) is 131 cm³/mol. The summed E-state index contributed by atoms with van der Waals surface area (Å²) >= 11 is 0. The summed E-state index contributed by atoms with van der Waals surface area (Å²) in [6.45, 7) is 23.6. The second-order valence-electron chi connectivity index (χ2n) is 14.1. The molecule has 176 valence electrons. The standard InChI is InChI=1S/C30H50O/c1-20(2)22-11-12-23-26(22,5)15-17-29(8)24-13-14-30(21(3)4)25(10-9-19-31-30)27(24,6)16-18-28(23,29)7/h20,22-25H,3,9-19H2,1-2,4-8H3/t22-,23-,24+,25+,26-,27-,28+,29?,30+/m1/s1. The van der Waals surface area contributed by atoms with Crippen molar-refractivity contribution in [3.63, 3.8) is 0 Å². The van der Waals surface area contributed by atoms with Gasteiger partial charge in [0.25, 0.3) is 0 Å². The van der Waals surface area contributed by atoms with Gasteiger partial charge in [0.1, 0.15) is 0 Å². The number of ether oxygens (including phenoxy) is 1. The maximum Gasteiger partial charge on any atom is 0.0919 e. The largest absolute Gasteiger partial charge is 0.370 e. The Morgan fingerprint density at radius 3 is 2.00 bits per heavy atom. The Labute approximate surface area is 193 Å². The summed E-state index contributed by atoms with van der Waals surface area (Å²) in [6.07, 6.45) is 13.9. The first kappa shape index (κ1) is 22.5. The molecule has 31 heavy (non-hydrogen) atoms. The fourth-order valence-electron chi connectivity index (χ4n) is 11.5. The molecule has 4 saturated carbocycles. The van der Waals surface area contributed by atoms with Crippen molar-refractivity contribution in [2.75, 3.05) is 6.61 Å². The van der Waals surface area contributed by atoms with E-state index in [4.69, 9.17) is 4.74 Å². The lowest BCUT2D eigenvalue weighted by Crippen LogP contribution is -2.68. The molecule has 1 aliphatic heterocycles. The molecule has 5 rings (SSSR count). The van der Waals surface area contributed by atoms with Gasteiger partial charge in [0.2, 0.25) is 0 Å². The first-order valence-corrected chi connectivity index (χ1v) is 13.8. The Kier molecular flexibility index (Phi) is 4.98. The van der Waals surface area contributed by atoms with Crippen LogP contribution in [0.15, 0.2) is 12.2 Å². The summed E-state index contributed by atoms with van der Waals surface area (Å²) in [7, 11) is 0. The van der Waals surface area contributed by atoms with Gasteiger partial charge in [-0.15, -0.1) is 0 Å². The Morgan fingerprint density at radius 2 is 1.39 bits per heavy atom. The van der Waals surface area contributed by atoms with Crippen molar-refractivity contribution >= 4 is 0 Å². The molecule has 1 heteroatoms. The van der Waals surface area contributed by atoms with Crippen molar-refractivity contribution < 1.29 is 4.74 Å². The second-order valence-corrected chi connectivity index (χ2v) is 14.1. The van der Waals surface area contributed by atoms with E-state index in [-0.39, 0.29) is 5.60 Å². The molecule has 0 aromatic heterocycles. The molecule has 4 aliphatic carbocycles. The molecule has 0 spiro atoms. The maximum absolute atomic E-state index is 6.67. The third-order valence-corrected chi connectivity index (χ3v) is 13.1. The molecule has 0 aromatic carbocycles. The van der Waals surface area contributed by atoms with Crippen LogP contribution in [0.25, 0.3) is 0 Å². The van der Waals surface area contributed by atoms with Crippen LogP contribution in [0.1, 0.15) is 113 Å². The van der Waals surface area contributed by atoms with Gasteiger partial charge in [-0.2, -0.15) is 0 Å².